The van der Waals surface area contributed by atoms with Gasteiger partial charge < -0.3 is 16.0 Å². The summed E-state index contributed by atoms with van der Waals surface area (Å²) in [6.07, 6.45) is 0.981. The van der Waals surface area contributed by atoms with Crippen LogP contribution >= 0.6 is 11.8 Å². The Morgan fingerprint density at radius 3 is 3.11 bits per heavy atom. The third-order valence-corrected chi connectivity index (χ3v) is 4.27. The third-order valence-electron chi connectivity index (χ3n) is 3.39. The van der Waals surface area contributed by atoms with Crippen molar-refractivity contribution in [1.29, 1.82) is 0 Å². The Bertz CT molecular complexity index is 533. The van der Waals surface area contributed by atoms with E-state index in [1.165, 1.54) is 5.56 Å². The van der Waals surface area contributed by atoms with Crippen molar-refractivity contribution in [3.05, 3.63) is 29.3 Å². The van der Waals surface area contributed by atoms with Gasteiger partial charge in [-0.05, 0) is 30.2 Å². The molecule has 1 atom stereocenters. The van der Waals surface area contributed by atoms with Crippen LogP contribution in [0.5, 0.6) is 0 Å². The average molecular weight is 277 g/mol. The maximum Gasteiger partial charge on any atom is 0.279 e. The highest BCUT2D eigenvalue weighted by Crippen LogP contribution is 2.23. The SMILES string of the molecule is O=C1NC(C(=O)Nc2cccc3c2CNCC3)CS1. The smallest absolute Gasteiger partial charge is 0.279 e. The number of amides is 2. The second-order valence-corrected chi connectivity index (χ2v) is 5.65. The van der Waals surface area contributed by atoms with Gasteiger partial charge in [-0.2, -0.15) is 0 Å². The molecule has 100 valence electrons. The van der Waals surface area contributed by atoms with Gasteiger partial charge in [0.25, 0.3) is 5.24 Å². The maximum absolute atomic E-state index is 12.1. The van der Waals surface area contributed by atoms with Gasteiger partial charge in [0.2, 0.25) is 5.91 Å². The van der Waals surface area contributed by atoms with Crippen molar-refractivity contribution in [1.82, 2.24) is 10.6 Å². The highest BCUT2D eigenvalue weighted by molar-refractivity contribution is 8.14. The molecule has 0 aliphatic carbocycles. The first-order chi connectivity index (χ1) is 9.24. The van der Waals surface area contributed by atoms with E-state index in [1.807, 2.05) is 12.1 Å². The van der Waals surface area contributed by atoms with Crippen molar-refractivity contribution in [3.63, 3.8) is 0 Å². The zero-order valence-corrected chi connectivity index (χ0v) is 11.2. The Hall–Kier alpha value is -1.53. The van der Waals surface area contributed by atoms with Gasteiger partial charge in [-0.25, -0.2) is 0 Å². The molecule has 0 saturated carbocycles. The van der Waals surface area contributed by atoms with Crippen molar-refractivity contribution >= 4 is 28.6 Å². The number of carbonyl (C=O) groups excluding carboxylic acids is 2. The highest BCUT2D eigenvalue weighted by atomic mass is 32.2. The van der Waals surface area contributed by atoms with E-state index < -0.39 is 6.04 Å². The van der Waals surface area contributed by atoms with E-state index in [9.17, 15) is 9.59 Å². The van der Waals surface area contributed by atoms with Crippen LogP contribution in [0.25, 0.3) is 0 Å². The lowest BCUT2D eigenvalue weighted by Crippen LogP contribution is -2.39. The summed E-state index contributed by atoms with van der Waals surface area (Å²) in [7, 11) is 0. The summed E-state index contributed by atoms with van der Waals surface area (Å²) in [6.45, 7) is 1.75. The molecule has 1 saturated heterocycles. The standard InChI is InChI=1S/C13H15N3O2S/c17-12(11-7-19-13(18)16-11)15-10-3-1-2-8-4-5-14-6-9(8)10/h1-3,11,14H,4-7H2,(H,15,17)(H,16,18). The molecule has 19 heavy (non-hydrogen) atoms. The van der Waals surface area contributed by atoms with Gasteiger partial charge in [0.05, 0.1) is 0 Å². The first-order valence-electron chi connectivity index (χ1n) is 6.29. The molecule has 0 aromatic heterocycles. The van der Waals surface area contributed by atoms with E-state index in [1.54, 1.807) is 0 Å². The van der Waals surface area contributed by atoms with Gasteiger partial charge >= 0.3 is 0 Å². The van der Waals surface area contributed by atoms with E-state index in [0.717, 1.165) is 42.5 Å². The van der Waals surface area contributed by atoms with Crippen molar-refractivity contribution in [3.8, 4) is 0 Å². The van der Waals surface area contributed by atoms with Crippen LogP contribution in [0.4, 0.5) is 10.5 Å². The normalized spacial score (nSPS) is 21.7. The number of thioether (sulfide) groups is 1. The van der Waals surface area contributed by atoms with Gasteiger partial charge in [-0.1, -0.05) is 23.9 Å². The zero-order valence-electron chi connectivity index (χ0n) is 10.4. The van der Waals surface area contributed by atoms with Gasteiger partial charge in [-0.15, -0.1) is 0 Å². The summed E-state index contributed by atoms with van der Waals surface area (Å²) in [4.78, 5) is 23.2. The lowest BCUT2D eigenvalue weighted by molar-refractivity contribution is -0.117. The van der Waals surface area contributed by atoms with Crippen LogP contribution in [0, 0.1) is 0 Å². The van der Waals surface area contributed by atoms with E-state index in [-0.39, 0.29) is 11.1 Å². The Morgan fingerprint density at radius 2 is 2.32 bits per heavy atom. The first kappa shape index (κ1) is 12.5. The molecular weight excluding hydrogens is 262 g/mol. The summed E-state index contributed by atoms with van der Waals surface area (Å²) in [5.41, 5.74) is 3.28. The van der Waals surface area contributed by atoms with Crippen molar-refractivity contribution < 1.29 is 9.59 Å². The van der Waals surface area contributed by atoms with Crippen molar-refractivity contribution in [2.45, 2.75) is 19.0 Å². The summed E-state index contributed by atoms with van der Waals surface area (Å²) in [6, 6.07) is 5.54. The Morgan fingerprint density at radius 1 is 1.42 bits per heavy atom. The van der Waals surface area contributed by atoms with E-state index in [0.29, 0.717) is 5.75 Å². The van der Waals surface area contributed by atoms with Gasteiger partial charge in [-0.3, -0.25) is 9.59 Å². The highest BCUT2D eigenvalue weighted by Gasteiger charge is 2.28. The fourth-order valence-corrected chi connectivity index (χ4v) is 3.16. The van der Waals surface area contributed by atoms with Crippen LogP contribution < -0.4 is 16.0 Å². The van der Waals surface area contributed by atoms with Crippen LogP contribution in [0.2, 0.25) is 0 Å². The van der Waals surface area contributed by atoms with Crippen LogP contribution in [-0.2, 0) is 17.8 Å². The van der Waals surface area contributed by atoms with Gasteiger partial charge in [0.15, 0.2) is 0 Å². The molecule has 1 unspecified atom stereocenters. The quantitative estimate of drug-likeness (QED) is 0.757. The molecule has 0 bridgehead atoms. The largest absolute Gasteiger partial charge is 0.334 e. The monoisotopic (exact) mass is 277 g/mol. The molecule has 1 aromatic rings. The second-order valence-electron chi connectivity index (χ2n) is 4.65. The minimum absolute atomic E-state index is 0.128. The number of hydrogen-bond acceptors (Lipinski definition) is 4. The van der Waals surface area contributed by atoms with Crippen LogP contribution in [0.1, 0.15) is 11.1 Å². The molecule has 0 spiro atoms. The number of nitrogens with one attached hydrogen (secondary N) is 3. The van der Waals surface area contributed by atoms with E-state index in [2.05, 4.69) is 22.0 Å². The average Bonchev–Trinajstić information content (AvgIpc) is 2.86. The number of benzene rings is 1. The van der Waals surface area contributed by atoms with Crippen molar-refractivity contribution in [2.75, 3.05) is 17.6 Å². The van der Waals surface area contributed by atoms with Crippen LogP contribution in [-0.4, -0.2) is 29.5 Å². The lowest BCUT2D eigenvalue weighted by Gasteiger charge is -2.21. The van der Waals surface area contributed by atoms with Gasteiger partial charge in [0, 0.05) is 18.0 Å². The topological polar surface area (TPSA) is 70.2 Å². The molecule has 6 heteroatoms. The minimum atomic E-state index is -0.426. The molecule has 2 aliphatic heterocycles. The number of fused-ring (bicyclic) bond motifs is 1. The summed E-state index contributed by atoms with van der Waals surface area (Å²) < 4.78 is 0. The van der Waals surface area contributed by atoms with E-state index >= 15 is 0 Å². The summed E-state index contributed by atoms with van der Waals surface area (Å²) >= 11 is 1.15. The predicted molar refractivity (Wildman–Crippen MR) is 75.3 cm³/mol. The molecule has 3 rings (SSSR count). The second kappa shape index (κ2) is 5.22. The number of anilines is 1. The Kier molecular flexibility index (Phi) is 3.44. The molecule has 1 fully saturated rings. The molecule has 3 N–H and O–H groups in total. The maximum atomic E-state index is 12.1. The molecular formula is C13H15N3O2S. The molecule has 5 nitrogen and oxygen atoms in total. The van der Waals surface area contributed by atoms with Crippen molar-refractivity contribution in [2.24, 2.45) is 0 Å². The number of carbonyl (C=O) groups is 2. The summed E-state index contributed by atoms with van der Waals surface area (Å²) in [5.74, 6) is 0.357. The van der Waals surface area contributed by atoms with E-state index in [4.69, 9.17) is 0 Å². The third kappa shape index (κ3) is 2.59. The number of rotatable bonds is 2. The lowest BCUT2D eigenvalue weighted by atomic mass is 9.99. The van der Waals surface area contributed by atoms with Gasteiger partial charge in [0.1, 0.15) is 6.04 Å². The van der Waals surface area contributed by atoms with Crippen LogP contribution in [0.3, 0.4) is 0 Å². The zero-order chi connectivity index (χ0) is 13.2. The predicted octanol–water partition coefficient (Wildman–Crippen LogP) is 1.10. The molecule has 2 amide bonds. The molecule has 1 aromatic carbocycles. The fraction of sp³-hybridized carbons (Fsp3) is 0.385. The molecule has 0 radical (unpaired) electrons. The Balaban J connectivity index is 1.76. The first-order valence-corrected chi connectivity index (χ1v) is 7.28. The number of hydrogen-bond donors (Lipinski definition) is 3. The summed E-state index contributed by atoms with van der Waals surface area (Å²) in [5, 5.41) is 8.75. The van der Waals surface area contributed by atoms with Crippen LogP contribution in [0.15, 0.2) is 18.2 Å². The minimum Gasteiger partial charge on any atom is -0.334 e. The Labute approximate surface area is 115 Å². The molecule has 2 aliphatic rings. The molecule has 2 heterocycles. The fourth-order valence-electron chi connectivity index (χ4n) is 2.38.